The maximum absolute atomic E-state index is 8.64. The molecule has 3 nitrogen and oxygen atoms in total. The molecule has 0 aromatic heterocycles. The fraction of sp³-hybridized carbons (Fsp3) is 0.333. The van der Waals surface area contributed by atoms with Crippen molar-refractivity contribution >= 4 is 0 Å². The highest BCUT2D eigenvalue weighted by atomic mass is 14.8. The van der Waals surface area contributed by atoms with E-state index in [1.54, 1.807) is 20.0 Å². The van der Waals surface area contributed by atoms with Gasteiger partial charge in [-0.05, 0) is 19.9 Å². The van der Waals surface area contributed by atoms with Crippen molar-refractivity contribution in [2.45, 2.75) is 13.8 Å². The van der Waals surface area contributed by atoms with Crippen molar-refractivity contribution in [2.24, 2.45) is 0 Å². The molecule has 1 N–H and O–H groups in total. The van der Waals surface area contributed by atoms with Crippen LogP contribution in [-0.4, -0.2) is 7.05 Å². The molecule has 0 rings (SSSR count). The highest BCUT2D eigenvalue weighted by Crippen LogP contribution is 2.05. The van der Waals surface area contributed by atoms with E-state index in [4.69, 9.17) is 10.5 Å². The summed E-state index contributed by atoms with van der Waals surface area (Å²) in [4.78, 5) is 0. The zero-order chi connectivity index (χ0) is 9.56. The maximum Gasteiger partial charge on any atom is 0.100 e. The number of nitrogens with zero attached hydrogens (tertiary/aromatic N) is 2. The molecule has 0 radical (unpaired) electrons. The van der Waals surface area contributed by atoms with Crippen LogP contribution in [0.1, 0.15) is 13.8 Å². The molecule has 0 aliphatic carbocycles. The molecular weight excluding hydrogens is 150 g/mol. The van der Waals surface area contributed by atoms with Gasteiger partial charge in [-0.1, -0.05) is 0 Å². The van der Waals surface area contributed by atoms with Crippen LogP contribution in [0.5, 0.6) is 0 Å². The lowest BCUT2D eigenvalue weighted by Gasteiger charge is -1.97. The van der Waals surface area contributed by atoms with E-state index >= 15 is 0 Å². The van der Waals surface area contributed by atoms with Crippen LogP contribution in [-0.2, 0) is 0 Å². The van der Waals surface area contributed by atoms with E-state index in [0.29, 0.717) is 11.1 Å². The van der Waals surface area contributed by atoms with Gasteiger partial charge >= 0.3 is 0 Å². The molecule has 0 saturated heterocycles. The first-order valence-corrected chi connectivity index (χ1v) is 3.52. The van der Waals surface area contributed by atoms with Gasteiger partial charge in [-0.3, -0.25) is 0 Å². The van der Waals surface area contributed by atoms with E-state index in [1.165, 1.54) is 0 Å². The second-order valence-electron chi connectivity index (χ2n) is 2.34. The monoisotopic (exact) mass is 161 g/mol. The van der Waals surface area contributed by atoms with E-state index in [-0.39, 0.29) is 0 Å². The van der Waals surface area contributed by atoms with Crippen LogP contribution in [0.3, 0.4) is 0 Å². The Kier molecular flexibility index (Phi) is 4.26. The summed E-state index contributed by atoms with van der Waals surface area (Å²) in [6.45, 7) is 3.46. The Morgan fingerprint density at radius 1 is 1.25 bits per heavy atom. The van der Waals surface area contributed by atoms with Gasteiger partial charge in [0, 0.05) is 18.3 Å². The molecule has 0 heterocycles. The van der Waals surface area contributed by atoms with Crippen molar-refractivity contribution in [1.82, 2.24) is 5.32 Å². The first-order chi connectivity index (χ1) is 5.65. The van der Waals surface area contributed by atoms with E-state index < -0.39 is 0 Å². The van der Waals surface area contributed by atoms with Gasteiger partial charge in [0.15, 0.2) is 0 Å². The van der Waals surface area contributed by atoms with Crippen LogP contribution in [0, 0.1) is 22.7 Å². The Balaban J connectivity index is 4.90. The van der Waals surface area contributed by atoms with Crippen molar-refractivity contribution in [1.29, 1.82) is 10.5 Å². The van der Waals surface area contributed by atoms with Crippen molar-refractivity contribution in [3.63, 3.8) is 0 Å². The van der Waals surface area contributed by atoms with Gasteiger partial charge < -0.3 is 5.32 Å². The molecule has 0 bridgehead atoms. The molecule has 0 fully saturated rings. The first-order valence-electron chi connectivity index (χ1n) is 3.52. The molecule has 0 saturated carbocycles. The molecule has 3 heteroatoms. The van der Waals surface area contributed by atoms with Gasteiger partial charge in [0.1, 0.15) is 6.07 Å². The molecule has 0 spiro atoms. The summed E-state index contributed by atoms with van der Waals surface area (Å²) in [5.74, 6) is 0. The maximum atomic E-state index is 8.64. The smallest absolute Gasteiger partial charge is 0.100 e. The minimum absolute atomic E-state index is 0.407. The van der Waals surface area contributed by atoms with Gasteiger partial charge in [0.2, 0.25) is 0 Å². The lowest BCUT2D eigenvalue weighted by molar-refractivity contribution is 0.987. The normalized spacial score (nSPS) is 12.6. The molecule has 0 atom stereocenters. The lowest BCUT2D eigenvalue weighted by Crippen LogP contribution is -2.01. The Labute approximate surface area is 72.6 Å². The van der Waals surface area contributed by atoms with Crippen molar-refractivity contribution < 1.29 is 0 Å². The molecule has 0 unspecified atom stereocenters. The minimum atomic E-state index is 0.407. The topological polar surface area (TPSA) is 59.6 Å². The van der Waals surface area contributed by atoms with Crippen LogP contribution >= 0.6 is 0 Å². The van der Waals surface area contributed by atoms with Gasteiger partial charge in [0.25, 0.3) is 0 Å². The van der Waals surface area contributed by atoms with Crippen LogP contribution < -0.4 is 5.32 Å². The number of nitriles is 2. The van der Waals surface area contributed by atoms with E-state index in [9.17, 15) is 0 Å². The SMILES string of the molecule is CN/C(C)=C/C(C#N)=C(\C)C#N. The lowest BCUT2D eigenvalue weighted by atomic mass is 10.1. The van der Waals surface area contributed by atoms with Gasteiger partial charge in [-0.25, -0.2) is 0 Å². The van der Waals surface area contributed by atoms with Crippen LogP contribution in [0.15, 0.2) is 22.9 Å². The van der Waals surface area contributed by atoms with E-state index in [2.05, 4.69) is 5.32 Å². The number of hydrogen-bond donors (Lipinski definition) is 1. The van der Waals surface area contributed by atoms with Crippen molar-refractivity contribution in [2.75, 3.05) is 7.05 Å². The first kappa shape index (κ1) is 10.3. The molecule has 12 heavy (non-hydrogen) atoms. The third-order valence-corrected chi connectivity index (χ3v) is 1.45. The fourth-order valence-corrected chi connectivity index (χ4v) is 0.573. The predicted octanol–water partition coefficient (Wildman–Crippen LogP) is 1.47. The summed E-state index contributed by atoms with van der Waals surface area (Å²) in [6, 6.07) is 3.89. The van der Waals surface area contributed by atoms with Crippen molar-refractivity contribution in [3.05, 3.63) is 22.9 Å². The fourth-order valence-electron chi connectivity index (χ4n) is 0.573. The molecule has 0 aliphatic rings. The second kappa shape index (κ2) is 4.98. The Hall–Kier alpha value is -1.74. The quantitative estimate of drug-likeness (QED) is 0.493. The van der Waals surface area contributed by atoms with Crippen LogP contribution in [0.4, 0.5) is 0 Å². The third kappa shape index (κ3) is 2.90. The average molecular weight is 161 g/mol. The Bertz CT molecular complexity index is 297. The molecule has 0 amide bonds. The molecule has 0 aliphatic heterocycles. The highest BCUT2D eigenvalue weighted by Gasteiger charge is 1.96. The number of rotatable bonds is 2. The van der Waals surface area contributed by atoms with Crippen LogP contribution in [0.25, 0.3) is 0 Å². The summed E-state index contributed by atoms with van der Waals surface area (Å²) >= 11 is 0. The van der Waals surface area contributed by atoms with Crippen molar-refractivity contribution in [3.8, 4) is 12.1 Å². The number of allylic oxidation sites excluding steroid dienone is 4. The number of nitrogens with one attached hydrogen (secondary N) is 1. The summed E-state index contributed by atoms with van der Waals surface area (Å²) < 4.78 is 0. The van der Waals surface area contributed by atoms with E-state index in [1.807, 2.05) is 19.1 Å². The molecule has 0 aromatic rings. The third-order valence-electron chi connectivity index (χ3n) is 1.45. The van der Waals surface area contributed by atoms with E-state index in [0.717, 1.165) is 5.70 Å². The van der Waals surface area contributed by atoms with Crippen LogP contribution in [0.2, 0.25) is 0 Å². The van der Waals surface area contributed by atoms with Gasteiger partial charge in [0.05, 0.1) is 11.6 Å². The zero-order valence-corrected chi connectivity index (χ0v) is 7.47. The summed E-state index contributed by atoms with van der Waals surface area (Å²) in [7, 11) is 1.77. The minimum Gasteiger partial charge on any atom is -0.392 e. The molecule has 62 valence electrons. The second-order valence-corrected chi connectivity index (χ2v) is 2.34. The Morgan fingerprint density at radius 3 is 2.17 bits per heavy atom. The predicted molar refractivity (Wildman–Crippen MR) is 46.7 cm³/mol. The summed E-state index contributed by atoms with van der Waals surface area (Å²) in [5, 5.41) is 20.0. The zero-order valence-electron chi connectivity index (χ0n) is 7.47. The number of hydrogen-bond acceptors (Lipinski definition) is 3. The Morgan fingerprint density at radius 2 is 1.83 bits per heavy atom. The summed E-state index contributed by atoms with van der Waals surface area (Å²) in [5.41, 5.74) is 1.71. The largest absolute Gasteiger partial charge is 0.392 e. The molecular formula is C9H11N3. The highest BCUT2D eigenvalue weighted by molar-refractivity contribution is 5.43. The average Bonchev–Trinajstić information content (AvgIpc) is 2.12. The van der Waals surface area contributed by atoms with Gasteiger partial charge in [-0.2, -0.15) is 10.5 Å². The van der Waals surface area contributed by atoms with Gasteiger partial charge in [-0.15, -0.1) is 0 Å². The standard InChI is InChI=1S/C9H11N3/c1-7(5-10)9(6-11)4-8(2)12-3/h4,12H,1-3H3/b8-4+,9-7-. The molecule has 0 aromatic carbocycles. The summed E-state index contributed by atoms with van der Waals surface area (Å²) in [6.07, 6.45) is 1.65.